The molecule has 0 aliphatic carbocycles. The van der Waals surface area contributed by atoms with Crippen LogP contribution < -0.4 is 15.6 Å². The van der Waals surface area contributed by atoms with Gasteiger partial charge in [-0.3, -0.25) is 14.2 Å². The van der Waals surface area contributed by atoms with Crippen molar-refractivity contribution >= 4 is 34.3 Å². The largest absolute Gasteiger partial charge is 0.497 e. The van der Waals surface area contributed by atoms with E-state index >= 15 is 0 Å². The number of anilines is 1. The number of ether oxygens (including phenoxy) is 1. The fourth-order valence-corrected chi connectivity index (χ4v) is 3.40. The van der Waals surface area contributed by atoms with Gasteiger partial charge < -0.3 is 10.1 Å². The summed E-state index contributed by atoms with van der Waals surface area (Å²) in [5.74, 6) is 1.11. The highest BCUT2D eigenvalue weighted by Crippen LogP contribution is 2.19. The van der Waals surface area contributed by atoms with Crippen LogP contribution in [0.3, 0.4) is 0 Å². The van der Waals surface area contributed by atoms with Crippen LogP contribution in [-0.2, 0) is 11.8 Å². The van der Waals surface area contributed by atoms with Crippen LogP contribution in [0.15, 0.2) is 58.5 Å². The molecule has 3 rings (SSSR count). The topological polar surface area (TPSA) is 73.2 Å². The quantitative estimate of drug-likeness (QED) is 0.534. The third-order valence-corrected chi connectivity index (χ3v) is 4.89. The van der Waals surface area contributed by atoms with E-state index in [1.807, 2.05) is 36.4 Å². The first-order valence-corrected chi connectivity index (χ1v) is 9.09. The number of nitrogens with one attached hydrogen (secondary N) is 1. The lowest BCUT2D eigenvalue weighted by Crippen LogP contribution is -2.20. The molecule has 0 bridgehead atoms. The fourth-order valence-electron chi connectivity index (χ4n) is 2.49. The molecular weight excluding hydrogens is 350 g/mol. The predicted octanol–water partition coefficient (Wildman–Crippen LogP) is 3.06. The van der Waals surface area contributed by atoms with E-state index in [2.05, 4.69) is 10.3 Å². The number of benzene rings is 2. The van der Waals surface area contributed by atoms with Crippen LogP contribution in [0.25, 0.3) is 10.9 Å². The molecule has 1 amide bonds. The van der Waals surface area contributed by atoms with Gasteiger partial charge in [-0.2, -0.15) is 0 Å². The molecule has 3 aromatic rings. The molecule has 26 heavy (non-hydrogen) atoms. The Hall–Kier alpha value is -2.80. The SMILES string of the molecule is COc1cccc(NC(=O)CCSc2nc3ccccc3c(=O)n2C)c1. The molecule has 1 heterocycles. The molecular formula is C19H19N3O3S. The van der Waals surface area contributed by atoms with Crippen molar-refractivity contribution in [2.45, 2.75) is 11.6 Å². The molecule has 0 aliphatic heterocycles. The zero-order valence-electron chi connectivity index (χ0n) is 14.6. The second kappa shape index (κ2) is 8.05. The van der Waals surface area contributed by atoms with Gasteiger partial charge in [-0.1, -0.05) is 30.0 Å². The van der Waals surface area contributed by atoms with Gasteiger partial charge in [-0.25, -0.2) is 4.98 Å². The Labute approximate surface area is 155 Å². The summed E-state index contributed by atoms with van der Waals surface area (Å²) in [6.07, 6.45) is 0.310. The van der Waals surface area contributed by atoms with Crippen molar-refractivity contribution in [2.24, 2.45) is 7.05 Å². The summed E-state index contributed by atoms with van der Waals surface area (Å²) in [6.45, 7) is 0. The van der Waals surface area contributed by atoms with Crippen molar-refractivity contribution in [3.8, 4) is 5.75 Å². The molecule has 7 heteroatoms. The standard InChI is InChI=1S/C19H19N3O3S/c1-22-18(24)15-8-3-4-9-16(15)21-19(22)26-11-10-17(23)20-13-6-5-7-14(12-13)25-2/h3-9,12H,10-11H2,1-2H3,(H,20,23). The number of methoxy groups -OCH3 is 1. The summed E-state index contributed by atoms with van der Waals surface area (Å²) in [5.41, 5.74) is 1.27. The van der Waals surface area contributed by atoms with E-state index in [9.17, 15) is 9.59 Å². The van der Waals surface area contributed by atoms with Crippen molar-refractivity contribution in [3.05, 3.63) is 58.9 Å². The second-order valence-corrected chi connectivity index (χ2v) is 6.72. The molecule has 0 fully saturated rings. The average molecular weight is 369 g/mol. The third kappa shape index (κ3) is 4.05. The van der Waals surface area contributed by atoms with E-state index in [0.29, 0.717) is 39.7 Å². The van der Waals surface area contributed by atoms with Gasteiger partial charge in [0.2, 0.25) is 5.91 Å². The Morgan fingerprint density at radius 2 is 2.04 bits per heavy atom. The zero-order chi connectivity index (χ0) is 18.5. The smallest absolute Gasteiger partial charge is 0.261 e. The van der Waals surface area contributed by atoms with Gasteiger partial charge in [0, 0.05) is 31.0 Å². The fraction of sp³-hybridized carbons (Fsp3) is 0.211. The molecule has 2 aromatic carbocycles. The molecule has 0 saturated carbocycles. The van der Waals surface area contributed by atoms with Gasteiger partial charge in [0.25, 0.3) is 5.56 Å². The van der Waals surface area contributed by atoms with Gasteiger partial charge in [0.1, 0.15) is 5.75 Å². The number of fused-ring (bicyclic) bond motifs is 1. The highest BCUT2D eigenvalue weighted by Gasteiger charge is 2.10. The first-order valence-electron chi connectivity index (χ1n) is 8.11. The molecule has 1 N–H and O–H groups in total. The van der Waals surface area contributed by atoms with Crippen molar-refractivity contribution in [3.63, 3.8) is 0 Å². The highest BCUT2D eigenvalue weighted by atomic mass is 32.2. The minimum absolute atomic E-state index is 0.0843. The van der Waals surface area contributed by atoms with E-state index in [1.54, 1.807) is 26.3 Å². The Balaban J connectivity index is 1.62. The number of aromatic nitrogens is 2. The number of carbonyl (C=O) groups is 1. The van der Waals surface area contributed by atoms with Gasteiger partial charge in [-0.05, 0) is 24.3 Å². The molecule has 134 valence electrons. The van der Waals surface area contributed by atoms with E-state index < -0.39 is 0 Å². The van der Waals surface area contributed by atoms with Gasteiger partial charge in [0.05, 0.1) is 18.0 Å². The first kappa shape index (κ1) is 18.0. The predicted molar refractivity (Wildman–Crippen MR) is 104 cm³/mol. The van der Waals surface area contributed by atoms with Crippen LogP contribution >= 0.6 is 11.8 Å². The van der Waals surface area contributed by atoms with Crippen molar-refractivity contribution in [1.82, 2.24) is 9.55 Å². The summed E-state index contributed by atoms with van der Waals surface area (Å²) in [4.78, 5) is 29.0. The Morgan fingerprint density at radius 1 is 1.23 bits per heavy atom. The number of para-hydroxylation sites is 1. The number of rotatable bonds is 6. The van der Waals surface area contributed by atoms with Crippen LogP contribution in [0.1, 0.15) is 6.42 Å². The van der Waals surface area contributed by atoms with Crippen LogP contribution in [0.4, 0.5) is 5.69 Å². The lowest BCUT2D eigenvalue weighted by molar-refractivity contribution is -0.115. The van der Waals surface area contributed by atoms with Crippen LogP contribution in [-0.4, -0.2) is 28.3 Å². The number of nitrogens with zero attached hydrogens (tertiary/aromatic N) is 2. The number of thioether (sulfide) groups is 1. The van der Waals surface area contributed by atoms with E-state index in [4.69, 9.17) is 4.74 Å². The number of hydrogen-bond acceptors (Lipinski definition) is 5. The third-order valence-electron chi connectivity index (χ3n) is 3.86. The average Bonchev–Trinajstić information content (AvgIpc) is 2.66. The molecule has 0 aliphatic rings. The minimum Gasteiger partial charge on any atom is -0.497 e. The maximum Gasteiger partial charge on any atom is 0.261 e. The number of hydrogen-bond donors (Lipinski definition) is 1. The lowest BCUT2D eigenvalue weighted by atomic mass is 10.2. The monoisotopic (exact) mass is 369 g/mol. The van der Waals surface area contributed by atoms with Gasteiger partial charge >= 0.3 is 0 Å². The Morgan fingerprint density at radius 3 is 2.85 bits per heavy atom. The molecule has 0 atom stereocenters. The Kier molecular flexibility index (Phi) is 5.58. The summed E-state index contributed by atoms with van der Waals surface area (Å²) in [6, 6.07) is 14.5. The van der Waals surface area contributed by atoms with Crippen molar-refractivity contribution < 1.29 is 9.53 Å². The summed E-state index contributed by atoms with van der Waals surface area (Å²) in [5, 5.41) is 4.03. The normalized spacial score (nSPS) is 10.7. The van der Waals surface area contributed by atoms with E-state index in [-0.39, 0.29) is 11.5 Å². The van der Waals surface area contributed by atoms with Crippen LogP contribution in [0.5, 0.6) is 5.75 Å². The van der Waals surface area contributed by atoms with Crippen LogP contribution in [0, 0.1) is 0 Å². The summed E-state index contributed by atoms with van der Waals surface area (Å²) >= 11 is 1.39. The summed E-state index contributed by atoms with van der Waals surface area (Å²) in [7, 11) is 3.28. The maximum absolute atomic E-state index is 12.4. The number of carbonyl (C=O) groups excluding carboxylic acids is 1. The van der Waals surface area contributed by atoms with Crippen molar-refractivity contribution in [2.75, 3.05) is 18.2 Å². The van der Waals surface area contributed by atoms with Gasteiger partial charge in [0.15, 0.2) is 5.16 Å². The molecule has 1 aromatic heterocycles. The molecule has 0 unspecified atom stereocenters. The molecule has 0 radical (unpaired) electrons. The highest BCUT2D eigenvalue weighted by molar-refractivity contribution is 7.99. The van der Waals surface area contributed by atoms with E-state index in [0.717, 1.165) is 0 Å². The zero-order valence-corrected chi connectivity index (χ0v) is 15.4. The molecule has 6 nitrogen and oxygen atoms in total. The minimum atomic E-state index is -0.100. The van der Waals surface area contributed by atoms with Crippen LogP contribution in [0.2, 0.25) is 0 Å². The van der Waals surface area contributed by atoms with Gasteiger partial charge in [-0.15, -0.1) is 0 Å². The lowest BCUT2D eigenvalue weighted by Gasteiger charge is -2.09. The first-order chi connectivity index (χ1) is 12.6. The van der Waals surface area contributed by atoms with Crippen molar-refractivity contribution in [1.29, 1.82) is 0 Å². The maximum atomic E-state index is 12.4. The Bertz CT molecular complexity index is 1000. The molecule has 0 spiro atoms. The summed E-state index contributed by atoms with van der Waals surface area (Å²) < 4.78 is 6.66. The van der Waals surface area contributed by atoms with E-state index in [1.165, 1.54) is 16.3 Å². The second-order valence-electron chi connectivity index (χ2n) is 5.65. The molecule has 0 saturated heterocycles. The number of amides is 1.